The zero-order valence-corrected chi connectivity index (χ0v) is 19.5. The summed E-state index contributed by atoms with van der Waals surface area (Å²) in [5.74, 6) is -0.347. The third-order valence-corrected chi connectivity index (χ3v) is 6.89. The van der Waals surface area contributed by atoms with Crippen LogP contribution in [-0.2, 0) is 16.0 Å². The number of fused-ring (bicyclic) bond motifs is 1. The van der Waals surface area contributed by atoms with Crippen LogP contribution in [0.15, 0.2) is 54.4 Å². The standard InChI is InChI=1S/C27H30N4O2/c1-18-8-9-21(19(2)16-18)24-25(30-14-12-29(3)13-15-30)27(33)31(26(24)32)11-10-20-17-28-23-7-5-4-6-22(20)23/h4-9,16-17,28H,10-15H2,1-3H3. The molecule has 6 nitrogen and oxygen atoms in total. The van der Waals surface area contributed by atoms with Gasteiger partial charge in [-0.3, -0.25) is 14.5 Å². The molecule has 0 bridgehead atoms. The second-order valence-electron chi connectivity index (χ2n) is 9.20. The summed E-state index contributed by atoms with van der Waals surface area (Å²) in [6.45, 7) is 7.67. The van der Waals surface area contributed by atoms with Gasteiger partial charge in [0, 0.05) is 49.8 Å². The highest BCUT2D eigenvalue weighted by Gasteiger charge is 2.42. The van der Waals surface area contributed by atoms with Gasteiger partial charge in [0.05, 0.1) is 5.57 Å². The van der Waals surface area contributed by atoms with Crippen LogP contribution in [0.4, 0.5) is 0 Å². The lowest BCUT2D eigenvalue weighted by Gasteiger charge is -2.34. The summed E-state index contributed by atoms with van der Waals surface area (Å²) in [7, 11) is 2.09. The molecule has 2 aromatic carbocycles. The number of hydrogen-bond donors (Lipinski definition) is 1. The number of piperazine rings is 1. The number of rotatable bonds is 5. The van der Waals surface area contributed by atoms with Crippen LogP contribution < -0.4 is 0 Å². The molecule has 2 aliphatic heterocycles. The number of benzene rings is 2. The van der Waals surface area contributed by atoms with E-state index in [0.29, 0.717) is 24.2 Å². The minimum absolute atomic E-state index is 0.167. The summed E-state index contributed by atoms with van der Waals surface area (Å²) in [6.07, 6.45) is 2.60. The van der Waals surface area contributed by atoms with E-state index in [1.54, 1.807) is 0 Å². The summed E-state index contributed by atoms with van der Waals surface area (Å²) in [5.41, 5.74) is 6.34. The predicted octanol–water partition coefficient (Wildman–Crippen LogP) is 3.35. The molecule has 5 rings (SSSR count). The molecule has 0 radical (unpaired) electrons. The Balaban J connectivity index is 1.48. The summed E-state index contributed by atoms with van der Waals surface area (Å²) in [4.78, 5) is 36.5. The van der Waals surface area contributed by atoms with Gasteiger partial charge in [0.1, 0.15) is 5.70 Å². The molecule has 170 valence electrons. The lowest BCUT2D eigenvalue weighted by Crippen LogP contribution is -2.46. The fraction of sp³-hybridized carbons (Fsp3) is 0.333. The highest BCUT2D eigenvalue weighted by atomic mass is 16.2. The van der Waals surface area contributed by atoms with Gasteiger partial charge in [0.25, 0.3) is 11.8 Å². The van der Waals surface area contributed by atoms with Crippen molar-refractivity contribution < 1.29 is 9.59 Å². The van der Waals surface area contributed by atoms with Gasteiger partial charge in [-0.2, -0.15) is 0 Å². The number of likely N-dealkylation sites (N-methyl/N-ethyl adjacent to an activating group) is 1. The van der Waals surface area contributed by atoms with Gasteiger partial charge < -0.3 is 14.8 Å². The highest BCUT2D eigenvalue weighted by molar-refractivity contribution is 6.35. The van der Waals surface area contributed by atoms with Gasteiger partial charge in [0.15, 0.2) is 0 Å². The first-order valence-corrected chi connectivity index (χ1v) is 11.6. The number of carbonyl (C=O) groups excluding carboxylic acids is 2. The third-order valence-electron chi connectivity index (χ3n) is 6.89. The van der Waals surface area contributed by atoms with Gasteiger partial charge in [-0.15, -0.1) is 0 Å². The lowest BCUT2D eigenvalue weighted by molar-refractivity contribution is -0.137. The first-order chi connectivity index (χ1) is 15.9. The summed E-state index contributed by atoms with van der Waals surface area (Å²) < 4.78 is 0. The molecule has 6 heteroatoms. The largest absolute Gasteiger partial charge is 0.364 e. The van der Waals surface area contributed by atoms with Gasteiger partial charge >= 0.3 is 0 Å². The molecule has 2 amide bonds. The van der Waals surface area contributed by atoms with Crippen molar-refractivity contribution in [2.45, 2.75) is 20.3 Å². The molecule has 33 heavy (non-hydrogen) atoms. The Bertz CT molecular complexity index is 1260. The van der Waals surface area contributed by atoms with Crippen LogP contribution in [0, 0.1) is 13.8 Å². The van der Waals surface area contributed by atoms with Gasteiger partial charge in [-0.25, -0.2) is 0 Å². The molecular formula is C27H30N4O2. The molecule has 3 heterocycles. The maximum Gasteiger partial charge on any atom is 0.277 e. The summed E-state index contributed by atoms with van der Waals surface area (Å²) in [5, 5.41) is 1.14. The second-order valence-corrected chi connectivity index (χ2v) is 9.20. The predicted molar refractivity (Wildman–Crippen MR) is 131 cm³/mol. The van der Waals surface area contributed by atoms with Crippen molar-refractivity contribution in [2.75, 3.05) is 39.8 Å². The van der Waals surface area contributed by atoms with Crippen molar-refractivity contribution in [1.29, 1.82) is 0 Å². The molecule has 3 aromatic rings. The van der Waals surface area contributed by atoms with E-state index in [0.717, 1.165) is 59.3 Å². The van der Waals surface area contributed by atoms with Crippen molar-refractivity contribution in [3.63, 3.8) is 0 Å². The molecule has 0 atom stereocenters. The number of nitrogens with zero attached hydrogens (tertiary/aromatic N) is 3. The third kappa shape index (κ3) is 3.85. The lowest BCUT2D eigenvalue weighted by atomic mass is 9.97. The molecule has 1 N–H and O–H groups in total. The quantitative estimate of drug-likeness (QED) is 0.616. The zero-order chi connectivity index (χ0) is 23.1. The van der Waals surface area contributed by atoms with Crippen LogP contribution in [0.2, 0.25) is 0 Å². The molecule has 1 aromatic heterocycles. The molecule has 1 fully saturated rings. The van der Waals surface area contributed by atoms with E-state index in [1.807, 2.05) is 50.4 Å². The number of para-hydroxylation sites is 1. The number of aromatic amines is 1. The number of imide groups is 1. The van der Waals surface area contributed by atoms with Crippen LogP contribution in [-0.4, -0.2) is 71.3 Å². The molecule has 0 aliphatic carbocycles. The second kappa shape index (κ2) is 8.52. The Hall–Kier alpha value is -3.38. The molecule has 0 unspecified atom stereocenters. The van der Waals surface area contributed by atoms with Crippen molar-refractivity contribution in [3.05, 3.63) is 76.6 Å². The van der Waals surface area contributed by atoms with Crippen LogP contribution in [0.3, 0.4) is 0 Å². The number of aromatic nitrogens is 1. The smallest absolute Gasteiger partial charge is 0.277 e. The maximum absolute atomic E-state index is 13.7. The summed E-state index contributed by atoms with van der Waals surface area (Å²) in [6, 6.07) is 14.2. The fourth-order valence-electron chi connectivity index (χ4n) is 5.00. The highest BCUT2D eigenvalue weighted by Crippen LogP contribution is 2.34. The number of H-pyrrole nitrogens is 1. The van der Waals surface area contributed by atoms with Crippen LogP contribution >= 0.6 is 0 Å². The average molecular weight is 443 g/mol. The number of amides is 2. The number of carbonyl (C=O) groups is 2. The minimum Gasteiger partial charge on any atom is -0.364 e. The monoisotopic (exact) mass is 442 g/mol. The Morgan fingerprint density at radius 1 is 0.939 bits per heavy atom. The Morgan fingerprint density at radius 3 is 2.45 bits per heavy atom. The first kappa shape index (κ1) is 21.5. The van der Waals surface area contributed by atoms with Gasteiger partial charge in [-0.05, 0) is 50.1 Å². The van der Waals surface area contributed by atoms with Gasteiger partial charge in [0.2, 0.25) is 0 Å². The van der Waals surface area contributed by atoms with Crippen LogP contribution in [0.1, 0.15) is 22.3 Å². The molecule has 1 saturated heterocycles. The van der Waals surface area contributed by atoms with Crippen LogP contribution in [0.25, 0.3) is 16.5 Å². The Morgan fingerprint density at radius 2 is 1.70 bits per heavy atom. The molecule has 0 spiro atoms. The van der Waals surface area contributed by atoms with Crippen molar-refractivity contribution in [2.24, 2.45) is 0 Å². The van der Waals surface area contributed by atoms with E-state index in [-0.39, 0.29) is 11.8 Å². The number of nitrogens with one attached hydrogen (secondary N) is 1. The van der Waals surface area contributed by atoms with E-state index in [2.05, 4.69) is 34.0 Å². The van der Waals surface area contributed by atoms with E-state index in [1.165, 1.54) is 4.90 Å². The molecule has 0 saturated carbocycles. The van der Waals surface area contributed by atoms with Crippen LogP contribution in [0.5, 0.6) is 0 Å². The van der Waals surface area contributed by atoms with E-state index < -0.39 is 0 Å². The molecule has 2 aliphatic rings. The Labute approximate surface area is 194 Å². The number of aryl methyl sites for hydroxylation is 2. The van der Waals surface area contributed by atoms with Crippen molar-refractivity contribution in [3.8, 4) is 0 Å². The van der Waals surface area contributed by atoms with E-state index in [9.17, 15) is 9.59 Å². The van der Waals surface area contributed by atoms with Crippen molar-refractivity contribution >= 4 is 28.3 Å². The topological polar surface area (TPSA) is 59.6 Å². The van der Waals surface area contributed by atoms with Gasteiger partial charge in [-0.1, -0.05) is 42.0 Å². The number of hydrogen-bond acceptors (Lipinski definition) is 4. The maximum atomic E-state index is 13.7. The summed E-state index contributed by atoms with van der Waals surface area (Å²) >= 11 is 0. The van der Waals surface area contributed by atoms with E-state index >= 15 is 0 Å². The zero-order valence-electron chi connectivity index (χ0n) is 19.5. The minimum atomic E-state index is -0.180. The Kier molecular flexibility index (Phi) is 5.54. The molecular weight excluding hydrogens is 412 g/mol. The average Bonchev–Trinajstić information content (AvgIpc) is 3.32. The van der Waals surface area contributed by atoms with E-state index in [4.69, 9.17) is 0 Å². The normalized spacial score (nSPS) is 17.7. The SMILES string of the molecule is Cc1ccc(C2=C(N3CCN(C)CC3)C(=O)N(CCc3c[nH]c4ccccc34)C2=O)c(C)c1. The van der Waals surface area contributed by atoms with Crippen molar-refractivity contribution in [1.82, 2.24) is 19.7 Å². The fourth-order valence-corrected chi connectivity index (χ4v) is 5.00. The first-order valence-electron chi connectivity index (χ1n) is 11.6.